The second-order valence-electron chi connectivity index (χ2n) is 5.65. The first-order chi connectivity index (χ1) is 11.7. The molecule has 1 amide bonds. The summed E-state index contributed by atoms with van der Waals surface area (Å²) < 4.78 is 0. The number of benzene rings is 1. The van der Waals surface area contributed by atoms with Crippen LogP contribution < -0.4 is 10.2 Å². The molecule has 0 spiro atoms. The van der Waals surface area contributed by atoms with Crippen LogP contribution >= 0.6 is 11.6 Å². The molecule has 1 saturated heterocycles. The summed E-state index contributed by atoms with van der Waals surface area (Å²) in [5.41, 5.74) is 0.673. The first-order valence-corrected chi connectivity index (χ1v) is 8.35. The third kappa shape index (κ3) is 3.76. The van der Waals surface area contributed by atoms with Crippen LogP contribution in [0.1, 0.15) is 16.8 Å². The highest BCUT2D eigenvalue weighted by molar-refractivity contribution is 6.30. The lowest BCUT2D eigenvalue weighted by molar-refractivity contribution is 0.0767. The van der Waals surface area contributed by atoms with Crippen molar-refractivity contribution >= 4 is 29.1 Å². The average molecular weight is 346 g/mol. The highest BCUT2D eigenvalue weighted by Crippen LogP contribution is 2.18. The number of anilines is 2. The Morgan fingerprint density at radius 1 is 1.12 bits per heavy atom. The lowest BCUT2D eigenvalue weighted by atomic mass is 10.2. The second kappa shape index (κ2) is 7.49. The third-order valence-electron chi connectivity index (χ3n) is 4.11. The van der Waals surface area contributed by atoms with Crippen LogP contribution in [0, 0.1) is 0 Å². The van der Waals surface area contributed by atoms with Gasteiger partial charge in [0.05, 0.1) is 0 Å². The minimum Gasteiger partial charge on any atom is -0.373 e. The molecule has 2 heterocycles. The van der Waals surface area contributed by atoms with Crippen LogP contribution in [0.3, 0.4) is 0 Å². The zero-order valence-corrected chi connectivity index (χ0v) is 14.3. The summed E-state index contributed by atoms with van der Waals surface area (Å²) in [6, 6.07) is 8.97. The Balaban J connectivity index is 1.68. The van der Waals surface area contributed by atoms with Gasteiger partial charge in [0.15, 0.2) is 0 Å². The van der Waals surface area contributed by atoms with Crippen molar-refractivity contribution in [1.29, 1.82) is 0 Å². The molecule has 0 unspecified atom stereocenters. The maximum absolute atomic E-state index is 12.6. The van der Waals surface area contributed by atoms with Crippen LogP contribution in [-0.4, -0.2) is 54.0 Å². The minimum atomic E-state index is 0.0483. The molecular weight excluding hydrogens is 326 g/mol. The van der Waals surface area contributed by atoms with Crippen LogP contribution in [0.2, 0.25) is 5.02 Å². The number of rotatable bonds is 3. The Morgan fingerprint density at radius 2 is 1.92 bits per heavy atom. The van der Waals surface area contributed by atoms with E-state index < -0.39 is 0 Å². The van der Waals surface area contributed by atoms with Gasteiger partial charge in [0, 0.05) is 49.9 Å². The Kier molecular flexibility index (Phi) is 5.15. The zero-order valence-electron chi connectivity index (χ0n) is 13.6. The second-order valence-corrected chi connectivity index (χ2v) is 6.09. The molecule has 7 heteroatoms. The van der Waals surface area contributed by atoms with Gasteiger partial charge in [0.25, 0.3) is 5.91 Å². The predicted molar refractivity (Wildman–Crippen MR) is 95.8 cm³/mol. The largest absolute Gasteiger partial charge is 0.373 e. The monoisotopic (exact) mass is 345 g/mol. The molecule has 0 atom stereocenters. The van der Waals surface area contributed by atoms with Gasteiger partial charge in [-0.25, -0.2) is 9.97 Å². The smallest absolute Gasteiger partial charge is 0.253 e. The van der Waals surface area contributed by atoms with Gasteiger partial charge >= 0.3 is 0 Å². The van der Waals surface area contributed by atoms with E-state index in [0.717, 1.165) is 37.7 Å². The van der Waals surface area contributed by atoms with Gasteiger partial charge in [-0.3, -0.25) is 4.79 Å². The number of carbonyl (C=O) groups excluding carboxylic acids is 1. The fourth-order valence-electron chi connectivity index (χ4n) is 2.78. The lowest BCUT2D eigenvalue weighted by Crippen LogP contribution is -2.35. The van der Waals surface area contributed by atoms with Crippen molar-refractivity contribution in [2.75, 3.05) is 43.4 Å². The maximum atomic E-state index is 12.6. The molecule has 1 fully saturated rings. The Bertz CT molecular complexity index is 706. The van der Waals surface area contributed by atoms with Crippen molar-refractivity contribution in [3.8, 4) is 0 Å². The van der Waals surface area contributed by atoms with E-state index in [1.165, 1.54) is 0 Å². The van der Waals surface area contributed by atoms with E-state index in [1.54, 1.807) is 30.6 Å². The molecular formula is C17H20ClN5O. The molecule has 2 aromatic rings. The topological polar surface area (TPSA) is 61.4 Å². The molecule has 0 radical (unpaired) electrons. The summed E-state index contributed by atoms with van der Waals surface area (Å²) >= 11 is 5.89. The van der Waals surface area contributed by atoms with E-state index in [2.05, 4.69) is 20.2 Å². The standard InChI is InChI=1S/C17H20ClN5O/c1-19-15-11-16(21-12-20-15)22-7-2-8-23(10-9-22)17(24)13-3-5-14(18)6-4-13/h3-6,11-12H,2,7-10H2,1H3,(H,19,20,21). The van der Waals surface area contributed by atoms with E-state index >= 15 is 0 Å². The number of carbonyl (C=O) groups is 1. The molecule has 1 aromatic heterocycles. The van der Waals surface area contributed by atoms with Gasteiger partial charge < -0.3 is 15.1 Å². The van der Waals surface area contributed by atoms with Crippen molar-refractivity contribution in [1.82, 2.24) is 14.9 Å². The molecule has 0 aliphatic carbocycles. The highest BCUT2D eigenvalue weighted by atomic mass is 35.5. The van der Waals surface area contributed by atoms with Crippen molar-refractivity contribution in [3.63, 3.8) is 0 Å². The van der Waals surface area contributed by atoms with E-state index in [0.29, 0.717) is 17.1 Å². The molecule has 1 aliphatic rings. The summed E-state index contributed by atoms with van der Waals surface area (Å²) in [7, 11) is 1.83. The molecule has 0 bridgehead atoms. The summed E-state index contributed by atoms with van der Waals surface area (Å²) in [6.07, 6.45) is 2.46. The first kappa shape index (κ1) is 16.5. The van der Waals surface area contributed by atoms with Gasteiger partial charge in [0.1, 0.15) is 18.0 Å². The normalized spacial score (nSPS) is 15.1. The highest BCUT2D eigenvalue weighted by Gasteiger charge is 2.21. The first-order valence-electron chi connectivity index (χ1n) is 7.97. The van der Waals surface area contributed by atoms with Gasteiger partial charge in [0.2, 0.25) is 0 Å². The van der Waals surface area contributed by atoms with Gasteiger partial charge in [-0.2, -0.15) is 0 Å². The van der Waals surface area contributed by atoms with Crippen molar-refractivity contribution in [3.05, 3.63) is 47.2 Å². The lowest BCUT2D eigenvalue weighted by Gasteiger charge is -2.23. The Hall–Kier alpha value is -2.34. The van der Waals surface area contributed by atoms with Crippen LogP contribution in [0.5, 0.6) is 0 Å². The molecule has 1 N–H and O–H groups in total. The van der Waals surface area contributed by atoms with E-state index in [1.807, 2.05) is 18.0 Å². The number of halogens is 1. The SMILES string of the molecule is CNc1cc(N2CCCN(C(=O)c3ccc(Cl)cc3)CC2)ncn1. The Labute approximate surface area is 146 Å². The maximum Gasteiger partial charge on any atom is 0.253 e. The zero-order chi connectivity index (χ0) is 16.9. The van der Waals surface area contributed by atoms with Crippen LogP contribution in [-0.2, 0) is 0 Å². The predicted octanol–water partition coefficient (Wildman–Crippen LogP) is 2.52. The van der Waals surface area contributed by atoms with E-state index in [9.17, 15) is 4.79 Å². The summed E-state index contributed by atoms with van der Waals surface area (Å²) in [5, 5.41) is 3.66. The molecule has 1 aromatic carbocycles. The van der Waals surface area contributed by atoms with Crippen LogP contribution in [0.15, 0.2) is 36.7 Å². The van der Waals surface area contributed by atoms with E-state index in [-0.39, 0.29) is 5.91 Å². The fourth-order valence-corrected chi connectivity index (χ4v) is 2.91. The van der Waals surface area contributed by atoms with Gasteiger partial charge in [-0.15, -0.1) is 0 Å². The van der Waals surface area contributed by atoms with Crippen molar-refractivity contribution in [2.24, 2.45) is 0 Å². The van der Waals surface area contributed by atoms with Crippen molar-refractivity contribution < 1.29 is 4.79 Å². The van der Waals surface area contributed by atoms with Gasteiger partial charge in [-0.1, -0.05) is 11.6 Å². The molecule has 3 rings (SSSR count). The Morgan fingerprint density at radius 3 is 2.67 bits per heavy atom. The molecule has 126 valence electrons. The minimum absolute atomic E-state index is 0.0483. The van der Waals surface area contributed by atoms with Crippen molar-refractivity contribution in [2.45, 2.75) is 6.42 Å². The van der Waals surface area contributed by atoms with E-state index in [4.69, 9.17) is 11.6 Å². The summed E-state index contributed by atoms with van der Waals surface area (Å²) in [4.78, 5) is 25.2. The molecule has 6 nitrogen and oxygen atoms in total. The fraction of sp³-hybridized carbons (Fsp3) is 0.353. The number of aromatic nitrogens is 2. The number of nitrogens with one attached hydrogen (secondary N) is 1. The number of nitrogens with zero attached hydrogens (tertiary/aromatic N) is 4. The van der Waals surface area contributed by atoms with Crippen LogP contribution in [0.25, 0.3) is 0 Å². The molecule has 0 saturated carbocycles. The quantitative estimate of drug-likeness (QED) is 0.926. The molecule has 24 heavy (non-hydrogen) atoms. The summed E-state index contributed by atoms with van der Waals surface area (Å²) in [6.45, 7) is 3.02. The number of amides is 1. The summed E-state index contributed by atoms with van der Waals surface area (Å²) in [5.74, 6) is 1.72. The van der Waals surface area contributed by atoms with Gasteiger partial charge in [-0.05, 0) is 30.7 Å². The third-order valence-corrected chi connectivity index (χ3v) is 4.36. The number of hydrogen-bond donors (Lipinski definition) is 1. The number of hydrogen-bond acceptors (Lipinski definition) is 5. The van der Waals surface area contributed by atoms with Crippen LogP contribution in [0.4, 0.5) is 11.6 Å². The average Bonchev–Trinajstić information content (AvgIpc) is 2.88. The molecule has 1 aliphatic heterocycles.